The first-order valence-electron chi connectivity index (χ1n) is 8.38. The second kappa shape index (κ2) is 9.28. The average molecular weight is 419 g/mol. The summed E-state index contributed by atoms with van der Waals surface area (Å²) in [5.41, 5.74) is 0.976. The molecule has 3 rings (SSSR count). The summed E-state index contributed by atoms with van der Waals surface area (Å²) in [5.74, 6) is -2.55. The number of nitrogens with one attached hydrogen (secondary N) is 1. The number of hydrogen-bond donors (Lipinski definition) is 2. The maximum atomic E-state index is 14.2. The first-order valence-corrected chi connectivity index (χ1v) is 9.26. The topological polar surface area (TPSA) is 100 Å². The molecule has 1 saturated heterocycles. The molecule has 7 nitrogen and oxygen atoms in total. The van der Waals surface area contributed by atoms with E-state index in [0.717, 1.165) is 11.8 Å². The number of amides is 1. The third-order valence-electron chi connectivity index (χ3n) is 3.73. The van der Waals surface area contributed by atoms with E-state index < -0.39 is 28.8 Å². The number of thioether (sulfide) groups is 1. The van der Waals surface area contributed by atoms with E-state index in [4.69, 9.17) is 9.84 Å². The van der Waals surface area contributed by atoms with Gasteiger partial charge in [-0.2, -0.15) is 5.10 Å². The number of hydrogen-bond acceptors (Lipinski definition) is 6. The first-order chi connectivity index (χ1) is 13.9. The maximum Gasteiger partial charge on any atom is 0.305 e. The Hall–Kier alpha value is -3.27. The number of carboxylic acid groups (broad SMARTS) is 1. The van der Waals surface area contributed by atoms with Crippen molar-refractivity contribution in [3.8, 4) is 5.75 Å². The molecule has 2 aromatic carbocycles. The third kappa shape index (κ3) is 5.85. The van der Waals surface area contributed by atoms with Crippen LogP contribution in [0.3, 0.4) is 0 Å². The van der Waals surface area contributed by atoms with E-state index in [1.807, 2.05) is 0 Å². The number of ether oxygens (including phenoxy) is 1. The van der Waals surface area contributed by atoms with Gasteiger partial charge in [-0.3, -0.25) is 9.59 Å². The van der Waals surface area contributed by atoms with Crippen molar-refractivity contribution in [3.05, 3.63) is 65.2 Å². The number of carbonyl (C=O) groups is 2. The summed E-state index contributed by atoms with van der Waals surface area (Å²) in [4.78, 5) is 22.3. The Morgan fingerprint density at radius 3 is 2.83 bits per heavy atom. The van der Waals surface area contributed by atoms with E-state index in [2.05, 4.69) is 15.5 Å². The maximum absolute atomic E-state index is 14.2. The molecule has 1 unspecified atom stereocenters. The SMILES string of the molecule is O=C(O)CC1SC(=NN=Cc2ccc(OCc3cccc(F)c3)c(F)c2)NC1=O. The summed E-state index contributed by atoms with van der Waals surface area (Å²) in [6.45, 7) is 0.0181. The minimum atomic E-state index is -1.09. The summed E-state index contributed by atoms with van der Waals surface area (Å²) in [6, 6.07) is 9.99. The van der Waals surface area contributed by atoms with E-state index in [0.29, 0.717) is 11.1 Å². The van der Waals surface area contributed by atoms with Crippen LogP contribution in [0.5, 0.6) is 5.75 Å². The van der Waals surface area contributed by atoms with Gasteiger partial charge in [-0.15, -0.1) is 5.10 Å². The summed E-state index contributed by atoms with van der Waals surface area (Å²) in [5, 5.41) is 18.2. The highest BCUT2D eigenvalue weighted by atomic mass is 32.2. The highest BCUT2D eigenvalue weighted by molar-refractivity contribution is 8.15. The number of nitrogens with zero attached hydrogens (tertiary/aromatic N) is 2. The molecule has 0 radical (unpaired) electrons. The highest BCUT2D eigenvalue weighted by Crippen LogP contribution is 2.22. The molecular formula is C19H15F2N3O4S. The molecule has 2 aromatic rings. The summed E-state index contributed by atoms with van der Waals surface area (Å²) in [6.07, 6.45) is 0.963. The molecule has 0 saturated carbocycles. The zero-order chi connectivity index (χ0) is 20.8. The number of amidine groups is 1. The van der Waals surface area contributed by atoms with Gasteiger partial charge in [0.05, 0.1) is 12.6 Å². The van der Waals surface area contributed by atoms with Crippen LogP contribution in [0.4, 0.5) is 8.78 Å². The van der Waals surface area contributed by atoms with Crippen LogP contribution in [0.2, 0.25) is 0 Å². The predicted octanol–water partition coefficient (Wildman–Crippen LogP) is 2.94. The molecule has 1 aliphatic heterocycles. The van der Waals surface area contributed by atoms with Gasteiger partial charge in [-0.05, 0) is 41.5 Å². The quantitative estimate of drug-likeness (QED) is 0.531. The lowest BCUT2D eigenvalue weighted by molar-refractivity contribution is -0.138. The Morgan fingerprint density at radius 2 is 2.10 bits per heavy atom. The van der Waals surface area contributed by atoms with E-state index in [1.165, 1.54) is 30.5 Å². The molecular weight excluding hydrogens is 404 g/mol. The molecule has 1 heterocycles. The van der Waals surface area contributed by atoms with E-state index >= 15 is 0 Å². The molecule has 1 amide bonds. The van der Waals surface area contributed by atoms with Gasteiger partial charge in [0.1, 0.15) is 17.7 Å². The van der Waals surface area contributed by atoms with Gasteiger partial charge in [0.25, 0.3) is 0 Å². The van der Waals surface area contributed by atoms with Crippen molar-refractivity contribution in [1.82, 2.24) is 5.32 Å². The van der Waals surface area contributed by atoms with Crippen LogP contribution in [0.15, 0.2) is 52.7 Å². The second-order valence-corrected chi connectivity index (χ2v) is 7.14. The van der Waals surface area contributed by atoms with Crippen LogP contribution >= 0.6 is 11.8 Å². The fourth-order valence-electron chi connectivity index (χ4n) is 2.40. The van der Waals surface area contributed by atoms with Gasteiger partial charge >= 0.3 is 5.97 Å². The Morgan fingerprint density at radius 1 is 1.28 bits per heavy atom. The van der Waals surface area contributed by atoms with Crippen molar-refractivity contribution in [2.45, 2.75) is 18.3 Å². The number of carbonyl (C=O) groups excluding carboxylic acids is 1. The number of halogens is 2. The molecule has 1 aliphatic rings. The molecule has 10 heteroatoms. The third-order valence-corrected chi connectivity index (χ3v) is 4.80. The highest BCUT2D eigenvalue weighted by Gasteiger charge is 2.32. The van der Waals surface area contributed by atoms with Crippen LogP contribution in [-0.4, -0.2) is 33.6 Å². The van der Waals surface area contributed by atoms with E-state index in [1.54, 1.807) is 18.2 Å². The number of rotatable bonds is 7. The molecule has 2 N–H and O–H groups in total. The number of benzene rings is 2. The number of carboxylic acids is 1. The molecule has 29 heavy (non-hydrogen) atoms. The zero-order valence-corrected chi connectivity index (χ0v) is 15.7. The average Bonchev–Trinajstić information content (AvgIpc) is 3.00. The van der Waals surface area contributed by atoms with Gasteiger partial charge in [-0.1, -0.05) is 23.9 Å². The lowest BCUT2D eigenvalue weighted by Gasteiger charge is -2.07. The van der Waals surface area contributed by atoms with Crippen LogP contribution in [0.25, 0.3) is 0 Å². The Labute approximate surface area is 168 Å². The zero-order valence-electron chi connectivity index (χ0n) is 14.8. The minimum absolute atomic E-state index is 0.00727. The summed E-state index contributed by atoms with van der Waals surface area (Å²) in [7, 11) is 0. The Balaban J connectivity index is 1.59. The molecule has 0 spiro atoms. The Bertz CT molecular complexity index is 997. The molecule has 150 valence electrons. The molecule has 0 aromatic heterocycles. The smallest absolute Gasteiger partial charge is 0.305 e. The van der Waals surface area contributed by atoms with Crippen LogP contribution in [0.1, 0.15) is 17.5 Å². The van der Waals surface area contributed by atoms with Gasteiger partial charge in [0.15, 0.2) is 16.7 Å². The van der Waals surface area contributed by atoms with Crippen LogP contribution in [0, 0.1) is 11.6 Å². The number of aliphatic carboxylic acids is 1. The van der Waals surface area contributed by atoms with Gasteiger partial charge in [0, 0.05) is 0 Å². The monoisotopic (exact) mass is 419 g/mol. The van der Waals surface area contributed by atoms with E-state index in [9.17, 15) is 18.4 Å². The minimum Gasteiger partial charge on any atom is -0.486 e. The van der Waals surface area contributed by atoms with Crippen molar-refractivity contribution >= 4 is 35.0 Å². The van der Waals surface area contributed by atoms with Crippen molar-refractivity contribution in [2.75, 3.05) is 0 Å². The first kappa shape index (κ1) is 20.5. The summed E-state index contributed by atoms with van der Waals surface area (Å²) < 4.78 is 32.7. The fourth-order valence-corrected chi connectivity index (χ4v) is 3.31. The summed E-state index contributed by atoms with van der Waals surface area (Å²) >= 11 is 0.967. The van der Waals surface area contributed by atoms with Crippen molar-refractivity contribution < 1.29 is 28.2 Å². The molecule has 1 atom stereocenters. The lowest BCUT2D eigenvalue weighted by atomic mass is 10.2. The molecule has 0 aliphatic carbocycles. The second-order valence-electron chi connectivity index (χ2n) is 5.95. The van der Waals surface area contributed by atoms with Crippen molar-refractivity contribution in [3.63, 3.8) is 0 Å². The predicted molar refractivity (Wildman–Crippen MR) is 104 cm³/mol. The van der Waals surface area contributed by atoms with Gasteiger partial charge < -0.3 is 15.2 Å². The van der Waals surface area contributed by atoms with Crippen LogP contribution < -0.4 is 10.1 Å². The molecule has 0 bridgehead atoms. The van der Waals surface area contributed by atoms with Gasteiger partial charge in [-0.25, -0.2) is 8.78 Å². The molecule has 1 fully saturated rings. The van der Waals surface area contributed by atoms with Crippen LogP contribution in [-0.2, 0) is 16.2 Å². The van der Waals surface area contributed by atoms with Gasteiger partial charge in [0.2, 0.25) is 5.91 Å². The lowest BCUT2D eigenvalue weighted by Crippen LogP contribution is -2.26. The Kier molecular flexibility index (Phi) is 6.55. The van der Waals surface area contributed by atoms with Crippen molar-refractivity contribution in [1.29, 1.82) is 0 Å². The fraction of sp³-hybridized carbons (Fsp3) is 0.158. The largest absolute Gasteiger partial charge is 0.486 e. The normalized spacial score (nSPS) is 17.7. The van der Waals surface area contributed by atoms with Crippen molar-refractivity contribution in [2.24, 2.45) is 10.2 Å². The standard InChI is InChI=1S/C19H15F2N3O4S/c20-13-3-1-2-12(6-13)10-28-15-5-4-11(7-14(15)21)9-22-24-19-23-18(27)16(29-19)8-17(25)26/h1-7,9,16H,8,10H2,(H,25,26)(H,23,24,27). The van der Waals surface area contributed by atoms with E-state index in [-0.39, 0.29) is 23.9 Å².